The van der Waals surface area contributed by atoms with Crippen LogP contribution in [0.2, 0.25) is 0 Å². The van der Waals surface area contributed by atoms with Crippen LogP contribution < -0.4 is 20.1 Å². The zero-order valence-corrected chi connectivity index (χ0v) is 12.5. The number of benzene rings is 1. The maximum absolute atomic E-state index is 12.3. The van der Waals surface area contributed by atoms with Crippen molar-refractivity contribution in [1.82, 2.24) is 20.3 Å². The average molecular weight is 315 g/mol. The Balaban J connectivity index is 1.45. The van der Waals surface area contributed by atoms with Crippen LogP contribution in [0.5, 0.6) is 11.5 Å². The molecule has 0 aliphatic carbocycles. The Labute approximate surface area is 132 Å². The van der Waals surface area contributed by atoms with Crippen molar-refractivity contribution in [3.8, 4) is 11.5 Å². The zero-order valence-electron chi connectivity index (χ0n) is 12.5. The number of fused-ring (bicyclic) bond motifs is 1. The predicted molar refractivity (Wildman–Crippen MR) is 81.7 cm³/mol. The summed E-state index contributed by atoms with van der Waals surface area (Å²) in [5, 5.41) is 14.2. The van der Waals surface area contributed by atoms with Crippen molar-refractivity contribution in [1.29, 1.82) is 0 Å². The van der Waals surface area contributed by atoms with Gasteiger partial charge < -0.3 is 20.1 Å². The van der Waals surface area contributed by atoms with Crippen molar-refractivity contribution in [2.24, 2.45) is 0 Å². The second-order valence-electron chi connectivity index (χ2n) is 5.59. The molecular formula is C15H17N5O3. The van der Waals surface area contributed by atoms with Gasteiger partial charge in [-0.05, 0) is 38.1 Å². The minimum absolute atomic E-state index is 0.206. The number of carbonyl (C=O) groups is 1. The molecule has 3 heterocycles. The van der Waals surface area contributed by atoms with E-state index in [0.29, 0.717) is 28.9 Å². The summed E-state index contributed by atoms with van der Waals surface area (Å²) >= 11 is 0. The van der Waals surface area contributed by atoms with Crippen molar-refractivity contribution >= 4 is 11.6 Å². The molecule has 2 aliphatic heterocycles. The molecule has 2 aliphatic rings. The van der Waals surface area contributed by atoms with Gasteiger partial charge in [0.15, 0.2) is 17.2 Å². The number of hydrogen-bond acceptors (Lipinski definition) is 6. The molecule has 23 heavy (non-hydrogen) atoms. The summed E-state index contributed by atoms with van der Waals surface area (Å²) in [6.07, 6.45) is 3.69. The fraction of sp³-hybridized carbons (Fsp3) is 0.400. The third-order valence-corrected chi connectivity index (χ3v) is 4.06. The predicted octanol–water partition coefficient (Wildman–Crippen LogP) is 1.18. The minimum Gasteiger partial charge on any atom is -0.454 e. The van der Waals surface area contributed by atoms with Gasteiger partial charge in [0.2, 0.25) is 6.79 Å². The number of rotatable bonds is 3. The molecule has 0 spiro atoms. The highest BCUT2D eigenvalue weighted by molar-refractivity contribution is 6.02. The van der Waals surface area contributed by atoms with Crippen LogP contribution in [-0.2, 0) is 0 Å². The maximum Gasteiger partial charge on any atom is 0.277 e. The van der Waals surface area contributed by atoms with Gasteiger partial charge in [0.25, 0.3) is 5.91 Å². The molecule has 1 aromatic heterocycles. The van der Waals surface area contributed by atoms with Crippen LogP contribution in [0.4, 0.5) is 5.69 Å². The molecule has 1 amide bonds. The highest BCUT2D eigenvalue weighted by atomic mass is 16.7. The van der Waals surface area contributed by atoms with E-state index in [1.807, 2.05) is 0 Å². The molecule has 0 atom stereocenters. The van der Waals surface area contributed by atoms with E-state index in [9.17, 15) is 4.79 Å². The lowest BCUT2D eigenvalue weighted by Crippen LogP contribution is -2.29. The molecule has 0 radical (unpaired) electrons. The molecule has 0 unspecified atom stereocenters. The highest BCUT2D eigenvalue weighted by Gasteiger charge is 2.19. The lowest BCUT2D eigenvalue weighted by Gasteiger charge is -2.22. The van der Waals surface area contributed by atoms with Crippen molar-refractivity contribution < 1.29 is 14.3 Å². The summed E-state index contributed by atoms with van der Waals surface area (Å²) in [6, 6.07) is 5.57. The topological polar surface area (TPSA) is 90.3 Å². The molecule has 120 valence electrons. The van der Waals surface area contributed by atoms with E-state index in [-0.39, 0.29) is 12.7 Å². The summed E-state index contributed by atoms with van der Waals surface area (Å²) < 4.78 is 12.3. The summed E-state index contributed by atoms with van der Waals surface area (Å²) in [5.74, 6) is 1.02. The van der Waals surface area contributed by atoms with Crippen molar-refractivity contribution in [2.45, 2.75) is 18.9 Å². The first-order chi connectivity index (χ1) is 11.3. The van der Waals surface area contributed by atoms with E-state index in [0.717, 1.165) is 25.9 Å². The van der Waals surface area contributed by atoms with E-state index < -0.39 is 0 Å². The number of carbonyl (C=O) groups excluding carboxylic acids is 1. The summed E-state index contributed by atoms with van der Waals surface area (Å²) in [5.41, 5.74) is 0.942. The molecule has 4 rings (SSSR count). The Kier molecular flexibility index (Phi) is 3.58. The molecule has 0 bridgehead atoms. The van der Waals surface area contributed by atoms with Crippen LogP contribution in [0, 0.1) is 0 Å². The van der Waals surface area contributed by atoms with Crippen molar-refractivity contribution in [3.63, 3.8) is 0 Å². The molecule has 2 aromatic rings. The van der Waals surface area contributed by atoms with Crippen LogP contribution in [0.15, 0.2) is 24.4 Å². The SMILES string of the molecule is O=C(Nc1ccc2c(c1)OCO2)c1cn(C2CCNCC2)nn1. The first-order valence-electron chi connectivity index (χ1n) is 7.63. The average Bonchev–Trinajstić information content (AvgIpc) is 3.24. The largest absolute Gasteiger partial charge is 0.454 e. The molecule has 8 heteroatoms. The molecule has 8 nitrogen and oxygen atoms in total. The number of amides is 1. The summed E-state index contributed by atoms with van der Waals surface area (Å²) in [6.45, 7) is 2.13. The minimum atomic E-state index is -0.288. The van der Waals surface area contributed by atoms with E-state index in [2.05, 4.69) is 20.9 Å². The monoisotopic (exact) mass is 315 g/mol. The number of aromatic nitrogens is 3. The number of piperidine rings is 1. The van der Waals surface area contributed by atoms with E-state index in [4.69, 9.17) is 9.47 Å². The molecule has 1 fully saturated rings. The van der Waals surface area contributed by atoms with Gasteiger partial charge in [0.05, 0.1) is 12.2 Å². The number of nitrogens with zero attached hydrogens (tertiary/aromatic N) is 3. The van der Waals surface area contributed by atoms with Gasteiger partial charge in [-0.15, -0.1) is 5.10 Å². The third kappa shape index (κ3) is 2.85. The first kappa shape index (κ1) is 14.0. The van der Waals surface area contributed by atoms with E-state index >= 15 is 0 Å². The van der Waals surface area contributed by atoms with Gasteiger partial charge in [0, 0.05) is 11.8 Å². The number of ether oxygens (including phenoxy) is 2. The lowest BCUT2D eigenvalue weighted by molar-refractivity contribution is 0.102. The van der Waals surface area contributed by atoms with Crippen LogP contribution in [0.25, 0.3) is 0 Å². The Morgan fingerprint density at radius 2 is 2.09 bits per heavy atom. The van der Waals surface area contributed by atoms with E-state index in [1.165, 1.54) is 0 Å². The van der Waals surface area contributed by atoms with Gasteiger partial charge in [-0.3, -0.25) is 4.79 Å². The van der Waals surface area contributed by atoms with Gasteiger partial charge in [-0.2, -0.15) is 0 Å². The Bertz CT molecular complexity index is 724. The molecule has 0 saturated carbocycles. The second-order valence-corrected chi connectivity index (χ2v) is 5.59. The highest BCUT2D eigenvalue weighted by Crippen LogP contribution is 2.34. The standard InChI is InChI=1S/C15H17N5O3/c21-15(17-10-1-2-13-14(7-10)23-9-22-13)12-8-20(19-18-12)11-3-5-16-6-4-11/h1-2,7-8,11,16H,3-6,9H2,(H,17,21). The summed E-state index contributed by atoms with van der Waals surface area (Å²) in [7, 11) is 0. The molecule has 1 aromatic carbocycles. The van der Waals surface area contributed by atoms with Crippen molar-refractivity contribution in [2.75, 3.05) is 25.2 Å². The lowest BCUT2D eigenvalue weighted by atomic mass is 10.1. The second kappa shape index (κ2) is 5.88. The smallest absolute Gasteiger partial charge is 0.277 e. The van der Waals surface area contributed by atoms with Gasteiger partial charge in [0.1, 0.15) is 0 Å². The van der Waals surface area contributed by atoms with Crippen LogP contribution in [0.1, 0.15) is 29.4 Å². The quantitative estimate of drug-likeness (QED) is 0.884. The maximum atomic E-state index is 12.3. The van der Waals surface area contributed by atoms with Gasteiger partial charge in [-0.25, -0.2) is 4.68 Å². The van der Waals surface area contributed by atoms with E-state index in [1.54, 1.807) is 29.1 Å². The zero-order chi connectivity index (χ0) is 15.6. The Morgan fingerprint density at radius 1 is 1.26 bits per heavy atom. The number of anilines is 1. The van der Waals surface area contributed by atoms with Crippen LogP contribution >= 0.6 is 0 Å². The van der Waals surface area contributed by atoms with Gasteiger partial charge >= 0.3 is 0 Å². The number of nitrogens with one attached hydrogen (secondary N) is 2. The summed E-state index contributed by atoms with van der Waals surface area (Å²) in [4.78, 5) is 12.3. The third-order valence-electron chi connectivity index (χ3n) is 4.06. The molecule has 1 saturated heterocycles. The fourth-order valence-electron chi connectivity index (χ4n) is 2.80. The molecular weight excluding hydrogens is 298 g/mol. The Hall–Kier alpha value is -2.61. The number of hydrogen-bond donors (Lipinski definition) is 2. The van der Waals surface area contributed by atoms with Crippen molar-refractivity contribution in [3.05, 3.63) is 30.1 Å². The first-order valence-corrected chi connectivity index (χ1v) is 7.63. The van der Waals surface area contributed by atoms with Crippen LogP contribution in [-0.4, -0.2) is 40.8 Å². The normalized spacial score (nSPS) is 17.2. The molecule has 2 N–H and O–H groups in total. The van der Waals surface area contributed by atoms with Crippen LogP contribution in [0.3, 0.4) is 0 Å². The van der Waals surface area contributed by atoms with Gasteiger partial charge in [-0.1, -0.05) is 5.21 Å². The fourth-order valence-corrected chi connectivity index (χ4v) is 2.80. The Morgan fingerprint density at radius 3 is 2.96 bits per heavy atom.